The Morgan fingerprint density at radius 2 is 2.23 bits per heavy atom. The van der Waals surface area contributed by atoms with E-state index in [0.717, 1.165) is 5.56 Å². The first-order valence-electron chi connectivity index (χ1n) is 4.34. The molecule has 1 atom stereocenters. The van der Waals surface area contributed by atoms with Crippen molar-refractivity contribution >= 4 is 0 Å². The van der Waals surface area contributed by atoms with Crippen LogP contribution in [-0.2, 0) is 0 Å². The largest absolute Gasteiger partial charge is 0.396 e. The molecule has 3 heteroatoms. The third-order valence-electron chi connectivity index (χ3n) is 2.06. The molecule has 1 aromatic rings. The van der Waals surface area contributed by atoms with Gasteiger partial charge in [-0.3, -0.25) is 0 Å². The average molecular weight is 183 g/mol. The lowest BCUT2D eigenvalue weighted by Gasteiger charge is -2.12. The first kappa shape index (κ1) is 10.2. The fraction of sp³-hybridized carbons (Fsp3) is 0.400. The van der Waals surface area contributed by atoms with E-state index >= 15 is 0 Å². The zero-order chi connectivity index (χ0) is 9.68. The van der Waals surface area contributed by atoms with Crippen molar-refractivity contribution in [1.82, 2.24) is 0 Å². The van der Waals surface area contributed by atoms with Crippen molar-refractivity contribution in [2.45, 2.75) is 12.3 Å². The van der Waals surface area contributed by atoms with Gasteiger partial charge < -0.3 is 10.8 Å². The molecule has 0 fully saturated rings. The normalized spacial score (nSPS) is 12.8. The summed E-state index contributed by atoms with van der Waals surface area (Å²) in [7, 11) is 0. The van der Waals surface area contributed by atoms with Crippen molar-refractivity contribution in [3.8, 4) is 0 Å². The fourth-order valence-electron chi connectivity index (χ4n) is 1.33. The van der Waals surface area contributed by atoms with E-state index in [-0.39, 0.29) is 18.3 Å². The summed E-state index contributed by atoms with van der Waals surface area (Å²) in [5.74, 6) is -0.311. The molecule has 1 unspecified atom stereocenters. The zero-order valence-electron chi connectivity index (χ0n) is 7.41. The highest BCUT2D eigenvalue weighted by Gasteiger charge is 2.09. The van der Waals surface area contributed by atoms with Gasteiger partial charge in [-0.25, -0.2) is 4.39 Å². The molecule has 1 rings (SSSR count). The smallest absolute Gasteiger partial charge is 0.123 e. The minimum atomic E-state index is -0.270. The van der Waals surface area contributed by atoms with Gasteiger partial charge in [-0.2, -0.15) is 0 Å². The monoisotopic (exact) mass is 183 g/mol. The highest BCUT2D eigenvalue weighted by atomic mass is 19.1. The maximum atomic E-state index is 12.8. The molecule has 1 aromatic carbocycles. The van der Waals surface area contributed by atoms with Gasteiger partial charge in [-0.1, -0.05) is 12.1 Å². The maximum Gasteiger partial charge on any atom is 0.123 e. The number of benzene rings is 1. The molecular formula is C10H14FNO. The second-order valence-electron chi connectivity index (χ2n) is 3.01. The van der Waals surface area contributed by atoms with Crippen LogP contribution in [0.3, 0.4) is 0 Å². The van der Waals surface area contributed by atoms with Crippen LogP contribution in [-0.4, -0.2) is 18.3 Å². The van der Waals surface area contributed by atoms with Crippen LogP contribution < -0.4 is 5.73 Å². The van der Waals surface area contributed by atoms with Gasteiger partial charge in [0.2, 0.25) is 0 Å². The summed E-state index contributed by atoms with van der Waals surface area (Å²) < 4.78 is 12.8. The number of aliphatic hydroxyl groups is 1. The SMILES string of the molecule is NCCC(CO)c1cccc(F)c1. The topological polar surface area (TPSA) is 46.2 Å². The van der Waals surface area contributed by atoms with E-state index in [1.54, 1.807) is 12.1 Å². The second kappa shape index (κ2) is 4.94. The molecule has 0 saturated heterocycles. The van der Waals surface area contributed by atoms with Crippen LogP contribution in [0.2, 0.25) is 0 Å². The Morgan fingerprint density at radius 1 is 1.46 bits per heavy atom. The molecule has 0 aromatic heterocycles. The van der Waals surface area contributed by atoms with Crippen molar-refractivity contribution in [3.05, 3.63) is 35.6 Å². The molecule has 0 bridgehead atoms. The molecule has 0 radical (unpaired) electrons. The van der Waals surface area contributed by atoms with E-state index in [1.165, 1.54) is 12.1 Å². The van der Waals surface area contributed by atoms with Gasteiger partial charge in [0.05, 0.1) is 0 Å². The summed E-state index contributed by atoms with van der Waals surface area (Å²) in [5.41, 5.74) is 6.19. The lowest BCUT2D eigenvalue weighted by atomic mass is 9.97. The van der Waals surface area contributed by atoms with Crippen molar-refractivity contribution < 1.29 is 9.50 Å². The van der Waals surface area contributed by atoms with E-state index in [1.807, 2.05) is 0 Å². The number of halogens is 1. The number of hydrogen-bond acceptors (Lipinski definition) is 2. The van der Waals surface area contributed by atoms with E-state index < -0.39 is 0 Å². The van der Waals surface area contributed by atoms with Crippen LogP contribution in [0.25, 0.3) is 0 Å². The molecule has 0 aliphatic carbocycles. The summed E-state index contributed by atoms with van der Waals surface area (Å²) in [5, 5.41) is 9.02. The first-order valence-corrected chi connectivity index (χ1v) is 4.34. The Labute approximate surface area is 77.2 Å². The zero-order valence-corrected chi connectivity index (χ0v) is 7.41. The Bertz CT molecular complexity index is 265. The number of nitrogens with two attached hydrogens (primary N) is 1. The second-order valence-corrected chi connectivity index (χ2v) is 3.01. The Kier molecular flexibility index (Phi) is 3.86. The van der Waals surface area contributed by atoms with Crippen LogP contribution in [0.5, 0.6) is 0 Å². The van der Waals surface area contributed by atoms with Crippen LogP contribution in [0.1, 0.15) is 17.9 Å². The van der Waals surface area contributed by atoms with Crippen molar-refractivity contribution in [2.24, 2.45) is 5.73 Å². The van der Waals surface area contributed by atoms with Crippen molar-refractivity contribution in [2.75, 3.05) is 13.2 Å². The summed E-state index contributed by atoms with van der Waals surface area (Å²) in [4.78, 5) is 0. The Morgan fingerprint density at radius 3 is 2.77 bits per heavy atom. The fourth-order valence-corrected chi connectivity index (χ4v) is 1.33. The van der Waals surface area contributed by atoms with Gasteiger partial charge in [0.1, 0.15) is 5.82 Å². The predicted octanol–water partition coefficient (Wildman–Crippen LogP) is 1.25. The van der Waals surface area contributed by atoms with Crippen LogP contribution in [0, 0.1) is 5.82 Å². The minimum Gasteiger partial charge on any atom is -0.396 e. The first-order chi connectivity index (χ1) is 6.27. The summed E-state index contributed by atoms with van der Waals surface area (Å²) in [6.45, 7) is 0.516. The van der Waals surface area contributed by atoms with E-state index in [0.29, 0.717) is 13.0 Å². The molecule has 0 amide bonds. The number of aliphatic hydroxyl groups excluding tert-OH is 1. The summed E-state index contributed by atoms with van der Waals surface area (Å²) >= 11 is 0. The highest BCUT2D eigenvalue weighted by molar-refractivity contribution is 5.20. The lowest BCUT2D eigenvalue weighted by molar-refractivity contribution is 0.260. The molecule has 0 heterocycles. The number of hydrogen-bond donors (Lipinski definition) is 2. The quantitative estimate of drug-likeness (QED) is 0.738. The summed E-state index contributed by atoms with van der Waals surface area (Å²) in [6, 6.07) is 6.28. The molecule has 13 heavy (non-hydrogen) atoms. The van der Waals surface area contributed by atoms with Crippen LogP contribution in [0.4, 0.5) is 4.39 Å². The third kappa shape index (κ3) is 2.79. The molecule has 0 aliphatic rings. The van der Waals surface area contributed by atoms with Gasteiger partial charge in [0.25, 0.3) is 0 Å². The summed E-state index contributed by atoms with van der Waals surface area (Å²) in [6.07, 6.45) is 0.681. The van der Waals surface area contributed by atoms with Crippen molar-refractivity contribution in [1.29, 1.82) is 0 Å². The van der Waals surface area contributed by atoms with E-state index in [2.05, 4.69) is 0 Å². The molecule has 72 valence electrons. The van der Waals surface area contributed by atoms with E-state index in [9.17, 15) is 4.39 Å². The maximum absolute atomic E-state index is 12.8. The molecule has 2 nitrogen and oxygen atoms in total. The van der Waals surface area contributed by atoms with Gasteiger partial charge in [0, 0.05) is 12.5 Å². The molecule has 0 aliphatic heterocycles. The number of rotatable bonds is 4. The lowest BCUT2D eigenvalue weighted by Crippen LogP contribution is -2.10. The molecule has 0 saturated carbocycles. The molecule has 3 N–H and O–H groups in total. The standard InChI is InChI=1S/C10H14FNO/c11-10-3-1-2-8(6-10)9(7-13)4-5-12/h1-3,6,9,13H,4-5,7,12H2. The van der Waals surface area contributed by atoms with Crippen molar-refractivity contribution in [3.63, 3.8) is 0 Å². The minimum absolute atomic E-state index is 0.0145. The van der Waals surface area contributed by atoms with Gasteiger partial charge in [-0.05, 0) is 30.7 Å². The molecule has 0 spiro atoms. The predicted molar refractivity (Wildman–Crippen MR) is 49.9 cm³/mol. The van der Waals surface area contributed by atoms with Gasteiger partial charge in [-0.15, -0.1) is 0 Å². The highest BCUT2D eigenvalue weighted by Crippen LogP contribution is 2.18. The average Bonchev–Trinajstić information content (AvgIpc) is 2.14. The third-order valence-corrected chi connectivity index (χ3v) is 2.06. The van der Waals surface area contributed by atoms with Gasteiger partial charge >= 0.3 is 0 Å². The Hall–Kier alpha value is -0.930. The Balaban J connectivity index is 2.78. The van der Waals surface area contributed by atoms with Crippen LogP contribution >= 0.6 is 0 Å². The molecular weight excluding hydrogens is 169 g/mol. The van der Waals surface area contributed by atoms with Crippen LogP contribution in [0.15, 0.2) is 24.3 Å². The van der Waals surface area contributed by atoms with Gasteiger partial charge in [0.15, 0.2) is 0 Å². The van der Waals surface area contributed by atoms with E-state index in [4.69, 9.17) is 10.8 Å².